The van der Waals surface area contributed by atoms with Gasteiger partial charge in [0.25, 0.3) is 0 Å². The van der Waals surface area contributed by atoms with Crippen LogP contribution >= 0.6 is 0 Å². The molecular weight excluding hydrogens is 336 g/mol. The van der Waals surface area contributed by atoms with Gasteiger partial charge in [0.1, 0.15) is 0 Å². The number of esters is 1. The number of rotatable bonds is 2. The monoisotopic (exact) mass is 350 g/mol. The first-order valence-electron chi connectivity index (χ1n) is 4.79. The van der Waals surface area contributed by atoms with Gasteiger partial charge in [0, 0.05) is 10.4 Å². The zero-order chi connectivity index (χ0) is 14.3. The molecule has 9 nitrogen and oxygen atoms in total. The summed E-state index contributed by atoms with van der Waals surface area (Å²) < 4.78 is 39.0. The van der Waals surface area contributed by atoms with Gasteiger partial charge in [-0.3, -0.25) is 8.42 Å². The van der Waals surface area contributed by atoms with Crippen molar-refractivity contribution in [2.24, 2.45) is 0 Å². The molecule has 0 saturated carbocycles. The number of aromatic nitrogens is 2. The van der Waals surface area contributed by atoms with Crippen LogP contribution in [0.5, 0.6) is 0 Å². The summed E-state index contributed by atoms with van der Waals surface area (Å²) in [7, 11) is -5.17. The molecule has 0 fully saturated rings. The van der Waals surface area contributed by atoms with Crippen molar-refractivity contribution in [1.29, 1.82) is 0 Å². The van der Waals surface area contributed by atoms with Crippen LogP contribution < -0.4 is 0 Å². The van der Waals surface area contributed by atoms with E-state index in [0.717, 1.165) is 5.56 Å². The fourth-order valence-electron chi connectivity index (χ4n) is 1.11. The number of hydrogen-bond donors (Lipinski definition) is 0. The van der Waals surface area contributed by atoms with Crippen molar-refractivity contribution in [3.63, 3.8) is 0 Å². The summed E-state index contributed by atoms with van der Waals surface area (Å²) >= 11 is 0. The van der Waals surface area contributed by atoms with Crippen molar-refractivity contribution in [2.45, 2.75) is 20.8 Å². The van der Waals surface area contributed by atoms with Crippen molar-refractivity contribution in [3.05, 3.63) is 23.0 Å². The van der Waals surface area contributed by atoms with E-state index in [-0.39, 0.29) is 28.5 Å². The molecule has 2 N–H and O–H groups in total. The normalized spacial score (nSPS) is 9.25. The molecule has 0 spiro atoms. The Balaban J connectivity index is -0.000000361. The molecule has 0 radical (unpaired) electrons. The molecule has 0 aliphatic heterocycles. The van der Waals surface area contributed by atoms with Crippen LogP contribution in [-0.2, 0) is 32.2 Å². The van der Waals surface area contributed by atoms with E-state index in [2.05, 4.69) is 10.2 Å². The molecule has 20 heavy (non-hydrogen) atoms. The van der Waals surface area contributed by atoms with Crippen LogP contribution in [-0.4, -0.2) is 45.8 Å². The van der Waals surface area contributed by atoms with E-state index < -0.39 is 10.4 Å². The van der Waals surface area contributed by atoms with Crippen molar-refractivity contribution in [1.82, 2.24) is 10.2 Å². The standard InChI is InChI=1S/C9H12N2O2.Fe.H2O4S.H2O/c1-4-13-9(12)8-6(2)5-10-11-7(8)3;;1-5(2,3)4;/h5H,4H2,1-3H3;;(H2,1,2,3,4);1H2/q;+2;;/p-2. The van der Waals surface area contributed by atoms with Gasteiger partial charge in [0.05, 0.1) is 24.1 Å². The first-order chi connectivity index (χ1) is 8.16. The Morgan fingerprint density at radius 2 is 1.80 bits per heavy atom. The Bertz CT molecular complexity index is 493. The average molecular weight is 350 g/mol. The molecule has 0 aliphatic rings. The van der Waals surface area contributed by atoms with E-state index in [1.807, 2.05) is 6.92 Å². The Hall–Kier alpha value is -1.10. The maximum absolute atomic E-state index is 11.4. The third-order valence-corrected chi connectivity index (χ3v) is 1.69. The van der Waals surface area contributed by atoms with Crippen LogP contribution in [0.1, 0.15) is 28.5 Å². The summed E-state index contributed by atoms with van der Waals surface area (Å²) in [4.78, 5) is 11.4. The zero-order valence-corrected chi connectivity index (χ0v) is 12.8. The molecule has 0 bridgehead atoms. The second-order valence-electron chi connectivity index (χ2n) is 3.12. The Morgan fingerprint density at radius 1 is 1.35 bits per heavy atom. The molecule has 1 aromatic rings. The summed E-state index contributed by atoms with van der Waals surface area (Å²) in [6.45, 7) is 5.71. The van der Waals surface area contributed by atoms with E-state index in [4.69, 9.17) is 22.3 Å². The van der Waals surface area contributed by atoms with Crippen LogP contribution in [0.3, 0.4) is 0 Å². The smallest absolute Gasteiger partial charge is 0.759 e. The molecular formula is C9H14FeN2O7S. The molecule has 0 saturated heterocycles. The molecule has 1 rings (SSSR count). The fraction of sp³-hybridized carbons (Fsp3) is 0.444. The van der Waals surface area contributed by atoms with Gasteiger partial charge in [-0.15, -0.1) is 0 Å². The number of hydrogen-bond acceptors (Lipinski definition) is 8. The van der Waals surface area contributed by atoms with Crippen molar-refractivity contribution < 1.29 is 49.6 Å². The van der Waals surface area contributed by atoms with Crippen molar-refractivity contribution >= 4 is 16.4 Å². The van der Waals surface area contributed by atoms with Gasteiger partial charge in [-0.05, 0) is 26.3 Å². The second-order valence-corrected chi connectivity index (χ2v) is 3.93. The molecule has 1 heterocycles. The quantitative estimate of drug-likeness (QED) is 0.287. The van der Waals surface area contributed by atoms with Crippen molar-refractivity contribution in [3.8, 4) is 0 Å². The molecule has 0 atom stereocenters. The van der Waals surface area contributed by atoms with Gasteiger partial charge in [-0.1, -0.05) is 0 Å². The van der Waals surface area contributed by atoms with Crippen LogP contribution in [0.25, 0.3) is 0 Å². The number of carbonyl (C=O) groups excluding carboxylic acids is 1. The first-order valence-corrected chi connectivity index (χ1v) is 6.12. The topological polar surface area (TPSA) is 164 Å². The van der Waals surface area contributed by atoms with Crippen LogP contribution in [0.4, 0.5) is 0 Å². The van der Waals surface area contributed by atoms with E-state index >= 15 is 0 Å². The van der Waals surface area contributed by atoms with E-state index in [1.54, 1.807) is 20.0 Å². The minimum Gasteiger partial charge on any atom is -0.759 e. The van der Waals surface area contributed by atoms with Crippen LogP contribution in [0.15, 0.2) is 6.20 Å². The maximum Gasteiger partial charge on any atom is 2.00 e. The Morgan fingerprint density at radius 3 is 2.15 bits per heavy atom. The SMILES string of the molecule is CCOC(=O)c1c(C)cnnc1C.O.O=S(=O)([O-])[O-].[Fe+2]. The molecule has 0 amide bonds. The maximum atomic E-state index is 11.4. The second kappa shape index (κ2) is 10.7. The zero-order valence-electron chi connectivity index (χ0n) is 10.9. The Labute approximate surface area is 127 Å². The first kappa shape index (κ1) is 24.0. The third-order valence-electron chi connectivity index (χ3n) is 1.69. The molecule has 0 unspecified atom stereocenters. The van der Waals surface area contributed by atoms with E-state index in [9.17, 15) is 4.79 Å². The largest absolute Gasteiger partial charge is 2.00 e. The van der Waals surface area contributed by atoms with Gasteiger partial charge in [-0.2, -0.15) is 10.2 Å². The van der Waals surface area contributed by atoms with E-state index in [0.29, 0.717) is 17.9 Å². The summed E-state index contributed by atoms with van der Waals surface area (Å²) in [5.41, 5.74) is 1.93. The van der Waals surface area contributed by atoms with Gasteiger partial charge >= 0.3 is 23.0 Å². The Kier molecular flexibility index (Phi) is 12.8. The summed E-state index contributed by atoms with van der Waals surface area (Å²) in [5.74, 6) is -0.326. The predicted molar refractivity (Wildman–Crippen MR) is 61.6 cm³/mol. The number of carbonyl (C=O) groups is 1. The summed E-state index contributed by atoms with van der Waals surface area (Å²) in [6.07, 6.45) is 1.55. The average Bonchev–Trinajstić information content (AvgIpc) is 2.14. The predicted octanol–water partition coefficient (Wildman–Crippen LogP) is -0.895. The number of aryl methyl sites for hydroxylation is 2. The molecule has 0 aromatic carbocycles. The van der Waals surface area contributed by atoms with Gasteiger partial charge in [-0.25, -0.2) is 4.79 Å². The molecule has 116 valence electrons. The third kappa shape index (κ3) is 10.8. The summed E-state index contributed by atoms with van der Waals surface area (Å²) in [6, 6.07) is 0. The minimum atomic E-state index is -5.17. The molecule has 11 heteroatoms. The van der Waals surface area contributed by atoms with Crippen LogP contribution in [0.2, 0.25) is 0 Å². The van der Waals surface area contributed by atoms with Gasteiger partial charge in [0.15, 0.2) is 0 Å². The molecule has 0 aliphatic carbocycles. The van der Waals surface area contributed by atoms with Gasteiger partial charge < -0.3 is 19.3 Å². The summed E-state index contributed by atoms with van der Waals surface area (Å²) in [5, 5.41) is 7.52. The minimum absolute atomic E-state index is 0. The molecule has 1 aromatic heterocycles. The fourth-order valence-corrected chi connectivity index (χ4v) is 1.11. The number of nitrogens with zero attached hydrogens (tertiary/aromatic N) is 2. The number of ether oxygens (including phenoxy) is 1. The van der Waals surface area contributed by atoms with E-state index in [1.165, 1.54) is 0 Å². The van der Waals surface area contributed by atoms with Crippen LogP contribution in [0, 0.1) is 13.8 Å². The van der Waals surface area contributed by atoms with Gasteiger partial charge in [0.2, 0.25) is 0 Å². The van der Waals surface area contributed by atoms with Crippen molar-refractivity contribution in [2.75, 3.05) is 6.61 Å².